The maximum atomic E-state index is 9.68. The summed E-state index contributed by atoms with van der Waals surface area (Å²) in [6.07, 6.45) is 2.55. The quantitative estimate of drug-likeness (QED) is 0.836. The summed E-state index contributed by atoms with van der Waals surface area (Å²) in [5.74, 6) is 0.252. The van der Waals surface area contributed by atoms with E-state index in [0.717, 1.165) is 25.1 Å². The van der Waals surface area contributed by atoms with Gasteiger partial charge in [0.25, 0.3) is 0 Å². The predicted octanol–water partition coefficient (Wildman–Crippen LogP) is 1.75. The van der Waals surface area contributed by atoms with Crippen LogP contribution in [0.25, 0.3) is 0 Å². The minimum Gasteiger partial charge on any atom is -0.506 e. The molecule has 0 radical (unpaired) electrons. The van der Waals surface area contributed by atoms with Crippen LogP contribution >= 0.6 is 0 Å². The number of aryl methyl sites for hydroxylation is 1. The van der Waals surface area contributed by atoms with Crippen LogP contribution in [0.15, 0.2) is 12.1 Å². The molecule has 1 aromatic heterocycles. The highest BCUT2D eigenvalue weighted by Gasteiger charge is 2.22. The van der Waals surface area contributed by atoms with Gasteiger partial charge in [-0.25, -0.2) is 0 Å². The van der Waals surface area contributed by atoms with Crippen molar-refractivity contribution < 1.29 is 9.84 Å². The molecule has 0 bridgehead atoms. The van der Waals surface area contributed by atoms with E-state index in [0.29, 0.717) is 24.4 Å². The Labute approximate surface area is 102 Å². The van der Waals surface area contributed by atoms with Gasteiger partial charge in [0, 0.05) is 24.9 Å². The smallest absolute Gasteiger partial charge is 0.138 e. The van der Waals surface area contributed by atoms with Crippen molar-refractivity contribution in [2.45, 2.75) is 45.4 Å². The summed E-state index contributed by atoms with van der Waals surface area (Å²) in [5.41, 5.74) is 1.62. The molecule has 0 unspecified atom stereocenters. The van der Waals surface area contributed by atoms with E-state index in [1.807, 2.05) is 13.0 Å². The molecular weight excluding hydrogens is 216 g/mol. The van der Waals surface area contributed by atoms with Crippen LogP contribution in [-0.2, 0) is 11.3 Å². The van der Waals surface area contributed by atoms with Crippen molar-refractivity contribution in [2.75, 3.05) is 6.61 Å². The van der Waals surface area contributed by atoms with Gasteiger partial charge in [-0.2, -0.15) is 0 Å². The largest absolute Gasteiger partial charge is 0.506 e. The number of ether oxygens (including phenoxy) is 1. The lowest BCUT2D eigenvalue weighted by atomic mass is 10.1. The monoisotopic (exact) mass is 236 g/mol. The minimum atomic E-state index is 0.252. The summed E-state index contributed by atoms with van der Waals surface area (Å²) in [6.45, 7) is 5.48. The number of hydrogen-bond donors (Lipinski definition) is 2. The summed E-state index contributed by atoms with van der Waals surface area (Å²) in [5, 5.41) is 13.0. The van der Waals surface area contributed by atoms with Crippen LogP contribution < -0.4 is 5.32 Å². The van der Waals surface area contributed by atoms with E-state index in [2.05, 4.69) is 17.2 Å². The Morgan fingerprint density at radius 1 is 1.59 bits per heavy atom. The topological polar surface area (TPSA) is 54.4 Å². The molecule has 1 fully saturated rings. The van der Waals surface area contributed by atoms with Crippen molar-refractivity contribution in [1.29, 1.82) is 0 Å². The van der Waals surface area contributed by atoms with Crippen LogP contribution in [-0.4, -0.2) is 28.8 Å². The fourth-order valence-corrected chi connectivity index (χ4v) is 2.12. The van der Waals surface area contributed by atoms with Gasteiger partial charge < -0.3 is 15.2 Å². The third-order valence-electron chi connectivity index (χ3n) is 3.20. The van der Waals surface area contributed by atoms with Crippen molar-refractivity contribution in [2.24, 2.45) is 0 Å². The number of nitrogens with zero attached hydrogens (tertiary/aromatic N) is 1. The molecule has 2 rings (SSSR count). The van der Waals surface area contributed by atoms with Crippen LogP contribution in [0.1, 0.15) is 31.2 Å². The second kappa shape index (κ2) is 5.47. The van der Waals surface area contributed by atoms with Gasteiger partial charge in [-0.15, -0.1) is 0 Å². The normalized spacial score (nSPS) is 21.6. The number of rotatable bonds is 4. The standard InChI is InChI=1S/C13H20N2O2/c1-9-5-6-12(16)11(15-9)8-14-10(2)13-4-3-7-17-13/h5-6,10,13-14,16H,3-4,7-8H2,1-2H3/t10-,13-/m1/s1. The fourth-order valence-electron chi connectivity index (χ4n) is 2.12. The number of aromatic hydroxyl groups is 1. The molecule has 0 aromatic carbocycles. The Hall–Kier alpha value is -1.13. The van der Waals surface area contributed by atoms with Crippen molar-refractivity contribution in [3.63, 3.8) is 0 Å². The lowest BCUT2D eigenvalue weighted by Gasteiger charge is -2.20. The molecule has 0 amide bonds. The van der Waals surface area contributed by atoms with Gasteiger partial charge in [-0.05, 0) is 38.8 Å². The average molecular weight is 236 g/mol. The van der Waals surface area contributed by atoms with E-state index in [1.165, 1.54) is 0 Å². The van der Waals surface area contributed by atoms with E-state index < -0.39 is 0 Å². The Morgan fingerprint density at radius 3 is 3.12 bits per heavy atom. The highest BCUT2D eigenvalue weighted by molar-refractivity contribution is 5.27. The first kappa shape index (κ1) is 12.3. The summed E-state index contributed by atoms with van der Waals surface area (Å²) >= 11 is 0. The van der Waals surface area contributed by atoms with Crippen molar-refractivity contribution in [1.82, 2.24) is 10.3 Å². The molecule has 17 heavy (non-hydrogen) atoms. The van der Waals surface area contributed by atoms with E-state index in [4.69, 9.17) is 4.74 Å². The van der Waals surface area contributed by atoms with Gasteiger partial charge in [0.2, 0.25) is 0 Å². The van der Waals surface area contributed by atoms with Crippen LogP contribution in [0, 0.1) is 6.92 Å². The number of nitrogens with one attached hydrogen (secondary N) is 1. The fraction of sp³-hybridized carbons (Fsp3) is 0.615. The molecule has 1 aliphatic heterocycles. The molecule has 2 N–H and O–H groups in total. The number of aromatic nitrogens is 1. The summed E-state index contributed by atoms with van der Waals surface area (Å²) in [7, 11) is 0. The number of hydrogen-bond acceptors (Lipinski definition) is 4. The van der Waals surface area contributed by atoms with Gasteiger partial charge in [0.1, 0.15) is 5.75 Å². The van der Waals surface area contributed by atoms with Crippen molar-refractivity contribution in [3.05, 3.63) is 23.5 Å². The van der Waals surface area contributed by atoms with Crippen LogP contribution in [0.2, 0.25) is 0 Å². The Bertz CT molecular complexity index is 376. The van der Waals surface area contributed by atoms with Gasteiger partial charge >= 0.3 is 0 Å². The first-order valence-corrected chi connectivity index (χ1v) is 6.17. The van der Waals surface area contributed by atoms with E-state index in [-0.39, 0.29) is 5.75 Å². The highest BCUT2D eigenvalue weighted by atomic mass is 16.5. The third kappa shape index (κ3) is 3.17. The molecule has 4 heteroatoms. The van der Waals surface area contributed by atoms with Crippen LogP contribution in [0.4, 0.5) is 0 Å². The first-order chi connectivity index (χ1) is 8.16. The Kier molecular flexibility index (Phi) is 3.97. The molecule has 2 heterocycles. The maximum Gasteiger partial charge on any atom is 0.138 e. The van der Waals surface area contributed by atoms with Gasteiger partial charge in [-0.1, -0.05) is 0 Å². The van der Waals surface area contributed by atoms with E-state index in [9.17, 15) is 5.11 Å². The molecule has 0 aliphatic carbocycles. The van der Waals surface area contributed by atoms with Crippen LogP contribution in [0.5, 0.6) is 5.75 Å². The SMILES string of the molecule is Cc1ccc(O)c(CN[C@H](C)[C@H]2CCCO2)n1. The molecule has 0 spiro atoms. The van der Waals surface area contributed by atoms with E-state index >= 15 is 0 Å². The molecule has 1 aromatic rings. The molecule has 1 saturated heterocycles. The zero-order chi connectivity index (χ0) is 12.3. The van der Waals surface area contributed by atoms with E-state index in [1.54, 1.807) is 6.07 Å². The second-order valence-corrected chi connectivity index (χ2v) is 4.64. The van der Waals surface area contributed by atoms with Gasteiger partial charge in [0.15, 0.2) is 0 Å². The molecule has 4 nitrogen and oxygen atoms in total. The molecular formula is C13H20N2O2. The lowest BCUT2D eigenvalue weighted by Crippen LogP contribution is -2.36. The summed E-state index contributed by atoms with van der Waals surface area (Å²) < 4.78 is 5.61. The van der Waals surface area contributed by atoms with Crippen molar-refractivity contribution in [3.8, 4) is 5.75 Å². The van der Waals surface area contributed by atoms with Gasteiger partial charge in [0.05, 0.1) is 11.8 Å². The maximum absolute atomic E-state index is 9.68. The first-order valence-electron chi connectivity index (χ1n) is 6.17. The summed E-state index contributed by atoms with van der Waals surface area (Å²) in [4.78, 5) is 4.32. The highest BCUT2D eigenvalue weighted by Crippen LogP contribution is 2.17. The Morgan fingerprint density at radius 2 is 2.41 bits per heavy atom. The molecule has 2 atom stereocenters. The third-order valence-corrected chi connectivity index (χ3v) is 3.20. The molecule has 94 valence electrons. The zero-order valence-electron chi connectivity index (χ0n) is 10.4. The average Bonchev–Trinajstić information content (AvgIpc) is 2.83. The van der Waals surface area contributed by atoms with Crippen LogP contribution in [0.3, 0.4) is 0 Å². The van der Waals surface area contributed by atoms with Crippen molar-refractivity contribution >= 4 is 0 Å². The zero-order valence-corrected chi connectivity index (χ0v) is 10.4. The lowest BCUT2D eigenvalue weighted by molar-refractivity contribution is 0.0830. The number of pyridine rings is 1. The molecule has 1 aliphatic rings. The minimum absolute atomic E-state index is 0.252. The Balaban J connectivity index is 1.90. The second-order valence-electron chi connectivity index (χ2n) is 4.64. The summed E-state index contributed by atoms with van der Waals surface area (Å²) in [6, 6.07) is 3.79. The van der Waals surface area contributed by atoms with Gasteiger partial charge in [-0.3, -0.25) is 4.98 Å². The molecule has 0 saturated carbocycles. The predicted molar refractivity (Wildman–Crippen MR) is 65.9 cm³/mol.